The zero-order valence-corrected chi connectivity index (χ0v) is 11.8. The molecule has 0 amide bonds. The lowest BCUT2D eigenvalue weighted by Crippen LogP contribution is -2.40. The number of nitrogens with zero attached hydrogens (tertiary/aromatic N) is 1. The third-order valence-electron chi connectivity index (χ3n) is 4.06. The first-order chi connectivity index (χ1) is 9.26. The molecular formula is C16H25NO2. The second kappa shape index (κ2) is 6.92. The van der Waals surface area contributed by atoms with E-state index in [0.717, 1.165) is 50.8 Å². The van der Waals surface area contributed by atoms with Crippen molar-refractivity contribution in [1.29, 1.82) is 0 Å². The Balaban J connectivity index is 2.06. The highest BCUT2D eigenvalue weighted by Gasteiger charge is 2.24. The number of benzene rings is 1. The van der Waals surface area contributed by atoms with Crippen molar-refractivity contribution in [3.05, 3.63) is 29.3 Å². The molecule has 0 aromatic heterocycles. The van der Waals surface area contributed by atoms with Gasteiger partial charge in [-0.25, -0.2) is 0 Å². The molecule has 1 aromatic carbocycles. The third-order valence-corrected chi connectivity index (χ3v) is 4.06. The SMILES string of the molecule is CCCN(CCCO)[C@@H]1CCc2c(O)cccc2C1. The molecule has 1 atom stereocenters. The number of hydrogen-bond donors (Lipinski definition) is 2. The molecule has 2 N–H and O–H groups in total. The summed E-state index contributed by atoms with van der Waals surface area (Å²) in [6, 6.07) is 6.42. The van der Waals surface area contributed by atoms with E-state index >= 15 is 0 Å². The lowest BCUT2D eigenvalue weighted by molar-refractivity contribution is 0.160. The largest absolute Gasteiger partial charge is 0.508 e. The Labute approximate surface area is 115 Å². The lowest BCUT2D eigenvalue weighted by Gasteiger charge is -2.35. The van der Waals surface area contributed by atoms with Crippen LogP contribution < -0.4 is 0 Å². The maximum atomic E-state index is 9.88. The minimum atomic E-state index is 0.268. The van der Waals surface area contributed by atoms with Gasteiger partial charge in [-0.2, -0.15) is 0 Å². The van der Waals surface area contributed by atoms with Crippen LogP contribution in [0, 0.1) is 0 Å². The topological polar surface area (TPSA) is 43.7 Å². The summed E-state index contributed by atoms with van der Waals surface area (Å²) in [5.41, 5.74) is 2.43. The number of aliphatic hydroxyl groups is 1. The van der Waals surface area contributed by atoms with Gasteiger partial charge in [0.1, 0.15) is 5.75 Å². The number of rotatable bonds is 6. The standard InChI is InChI=1S/C16H25NO2/c1-2-9-17(10-4-11-18)14-7-8-15-13(12-14)5-3-6-16(15)19/h3,5-6,14,18-19H,2,4,7-12H2,1H3/t14-/m1/s1. The first kappa shape index (κ1) is 14.4. The fraction of sp³-hybridized carbons (Fsp3) is 0.625. The fourth-order valence-corrected chi connectivity index (χ4v) is 3.12. The quantitative estimate of drug-likeness (QED) is 0.828. The van der Waals surface area contributed by atoms with Gasteiger partial charge in [0.15, 0.2) is 0 Å². The van der Waals surface area contributed by atoms with E-state index in [9.17, 15) is 5.11 Å². The van der Waals surface area contributed by atoms with Crippen molar-refractivity contribution in [2.45, 2.75) is 45.1 Å². The van der Waals surface area contributed by atoms with Crippen molar-refractivity contribution < 1.29 is 10.2 Å². The van der Waals surface area contributed by atoms with Crippen molar-refractivity contribution in [3.8, 4) is 5.75 Å². The van der Waals surface area contributed by atoms with Gasteiger partial charge in [0, 0.05) is 19.2 Å². The molecule has 2 rings (SSSR count). The van der Waals surface area contributed by atoms with Crippen LogP contribution in [0.15, 0.2) is 18.2 Å². The number of fused-ring (bicyclic) bond motifs is 1. The fourth-order valence-electron chi connectivity index (χ4n) is 3.12. The molecule has 1 aliphatic rings. The molecule has 0 aliphatic heterocycles. The summed E-state index contributed by atoms with van der Waals surface area (Å²) in [5, 5.41) is 18.9. The number of phenolic OH excluding ortho intramolecular Hbond substituents is 1. The Hall–Kier alpha value is -1.06. The van der Waals surface area contributed by atoms with Gasteiger partial charge in [0.05, 0.1) is 0 Å². The Morgan fingerprint density at radius 1 is 1.32 bits per heavy atom. The summed E-state index contributed by atoms with van der Waals surface area (Å²) in [6.45, 7) is 4.54. The van der Waals surface area contributed by atoms with E-state index in [1.54, 1.807) is 6.07 Å². The second-order valence-electron chi connectivity index (χ2n) is 5.42. The number of aliphatic hydroxyl groups excluding tert-OH is 1. The summed E-state index contributed by atoms with van der Waals surface area (Å²) in [4.78, 5) is 2.50. The highest BCUT2D eigenvalue weighted by molar-refractivity contribution is 5.41. The molecule has 19 heavy (non-hydrogen) atoms. The van der Waals surface area contributed by atoms with Crippen LogP contribution in [0.3, 0.4) is 0 Å². The monoisotopic (exact) mass is 263 g/mol. The van der Waals surface area contributed by atoms with Crippen LogP contribution in [-0.2, 0) is 12.8 Å². The van der Waals surface area contributed by atoms with Gasteiger partial charge >= 0.3 is 0 Å². The minimum Gasteiger partial charge on any atom is -0.508 e. The highest BCUT2D eigenvalue weighted by atomic mass is 16.3. The van der Waals surface area contributed by atoms with E-state index < -0.39 is 0 Å². The summed E-state index contributed by atoms with van der Waals surface area (Å²) in [5.74, 6) is 0.452. The summed E-state index contributed by atoms with van der Waals surface area (Å²) >= 11 is 0. The van der Waals surface area contributed by atoms with Crippen LogP contribution >= 0.6 is 0 Å². The van der Waals surface area contributed by atoms with Gasteiger partial charge in [-0.3, -0.25) is 4.90 Å². The van der Waals surface area contributed by atoms with Gasteiger partial charge in [0.25, 0.3) is 0 Å². The number of hydrogen-bond acceptors (Lipinski definition) is 3. The molecule has 0 bridgehead atoms. The van der Waals surface area contributed by atoms with Crippen molar-refractivity contribution in [3.63, 3.8) is 0 Å². The van der Waals surface area contributed by atoms with E-state index in [-0.39, 0.29) is 6.61 Å². The highest BCUT2D eigenvalue weighted by Crippen LogP contribution is 2.30. The predicted molar refractivity (Wildman–Crippen MR) is 77.5 cm³/mol. The average Bonchev–Trinajstić information content (AvgIpc) is 2.43. The van der Waals surface area contributed by atoms with Crippen LogP contribution in [0.5, 0.6) is 5.75 Å². The molecule has 0 saturated heterocycles. The first-order valence-corrected chi connectivity index (χ1v) is 7.41. The van der Waals surface area contributed by atoms with E-state index in [4.69, 9.17) is 5.11 Å². The molecule has 1 aliphatic carbocycles. The Morgan fingerprint density at radius 2 is 2.16 bits per heavy atom. The van der Waals surface area contributed by atoms with Crippen LogP contribution in [0.4, 0.5) is 0 Å². The van der Waals surface area contributed by atoms with Crippen molar-refractivity contribution in [2.75, 3.05) is 19.7 Å². The van der Waals surface area contributed by atoms with Gasteiger partial charge in [-0.05, 0) is 55.8 Å². The van der Waals surface area contributed by atoms with E-state index in [0.29, 0.717) is 11.8 Å². The predicted octanol–water partition coefficient (Wildman–Crippen LogP) is 2.34. The lowest BCUT2D eigenvalue weighted by atomic mass is 9.86. The number of aromatic hydroxyl groups is 1. The van der Waals surface area contributed by atoms with Gasteiger partial charge in [-0.15, -0.1) is 0 Å². The van der Waals surface area contributed by atoms with Gasteiger partial charge in [0.2, 0.25) is 0 Å². The maximum Gasteiger partial charge on any atom is 0.119 e. The van der Waals surface area contributed by atoms with Crippen LogP contribution in [0.25, 0.3) is 0 Å². The molecule has 1 aromatic rings. The smallest absolute Gasteiger partial charge is 0.119 e. The van der Waals surface area contributed by atoms with Crippen LogP contribution in [-0.4, -0.2) is 40.9 Å². The second-order valence-corrected chi connectivity index (χ2v) is 5.42. The molecular weight excluding hydrogens is 238 g/mol. The van der Waals surface area contributed by atoms with E-state index in [2.05, 4.69) is 17.9 Å². The third kappa shape index (κ3) is 3.48. The maximum absolute atomic E-state index is 9.88. The Bertz CT molecular complexity index is 406. The average molecular weight is 263 g/mol. The normalized spacial score (nSPS) is 18.6. The molecule has 0 unspecified atom stereocenters. The van der Waals surface area contributed by atoms with Crippen LogP contribution in [0.1, 0.15) is 37.3 Å². The van der Waals surface area contributed by atoms with Crippen molar-refractivity contribution in [1.82, 2.24) is 4.90 Å². The summed E-state index contributed by atoms with van der Waals surface area (Å²) in [6.07, 6.45) is 5.09. The summed E-state index contributed by atoms with van der Waals surface area (Å²) < 4.78 is 0. The van der Waals surface area contributed by atoms with Crippen LogP contribution in [0.2, 0.25) is 0 Å². The zero-order chi connectivity index (χ0) is 13.7. The molecule has 3 nitrogen and oxygen atoms in total. The zero-order valence-electron chi connectivity index (χ0n) is 11.8. The molecule has 0 fully saturated rings. The van der Waals surface area contributed by atoms with E-state index in [1.807, 2.05) is 6.07 Å². The van der Waals surface area contributed by atoms with Gasteiger partial charge < -0.3 is 10.2 Å². The Kier molecular flexibility index (Phi) is 5.23. The molecule has 106 valence electrons. The Morgan fingerprint density at radius 3 is 2.89 bits per heavy atom. The molecule has 0 heterocycles. The number of phenols is 1. The van der Waals surface area contributed by atoms with E-state index in [1.165, 1.54) is 5.56 Å². The molecule has 0 radical (unpaired) electrons. The van der Waals surface area contributed by atoms with Crippen molar-refractivity contribution in [2.24, 2.45) is 0 Å². The summed E-state index contributed by atoms with van der Waals surface area (Å²) in [7, 11) is 0. The van der Waals surface area contributed by atoms with Gasteiger partial charge in [-0.1, -0.05) is 19.1 Å². The molecule has 0 saturated carbocycles. The molecule has 0 spiro atoms. The van der Waals surface area contributed by atoms with Crippen molar-refractivity contribution >= 4 is 0 Å². The molecule has 3 heteroatoms. The minimum absolute atomic E-state index is 0.268. The first-order valence-electron chi connectivity index (χ1n) is 7.41.